The Morgan fingerprint density at radius 2 is 2.48 bits per heavy atom. The summed E-state index contributed by atoms with van der Waals surface area (Å²) in [5, 5.41) is 10.00. The summed E-state index contributed by atoms with van der Waals surface area (Å²) in [5.74, 6) is 0.0249. The Morgan fingerprint density at radius 3 is 3.17 bits per heavy atom. The summed E-state index contributed by atoms with van der Waals surface area (Å²) < 4.78 is 25.6. The molecule has 1 fully saturated rings. The fraction of sp³-hybridized carbons (Fsp3) is 0.667. The molecule has 1 aromatic heterocycles. The van der Waals surface area contributed by atoms with Gasteiger partial charge in [-0.25, -0.2) is 4.79 Å². The number of hydrogen-bond acceptors (Lipinski definition) is 6. The van der Waals surface area contributed by atoms with E-state index in [4.69, 9.17) is 12.2 Å². The van der Waals surface area contributed by atoms with Gasteiger partial charge in [0.15, 0.2) is 0 Å². The van der Waals surface area contributed by atoms with Crippen LogP contribution in [0.5, 0.6) is 0 Å². The van der Waals surface area contributed by atoms with Crippen molar-refractivity contribution in [1.82, 2.24) is 9.55 Å². The Morgan fingerprint density at radius 1 is 1.70 bits per heavy atom. The van der Waals surface area contributed by atoms with Gasteiger partial charge in [-0.2, -0.15) is 0 Å². The van der Waals surface area contributed by atoms with E-state index in [-0.39, 0.29) is 18.8 Å². The highest BCUT2D eigenvalue weighted by molar-refractivity contribution is 5.75. The number of H-pyrrole nitrogens is 1. The molecule has 128 valence electrons. The van der Waals surface area contributed by atoms with E-state index in [9.17, 15) is 19.5 Å². The van der Waals surface area contributed by atoms with Crippen molar-refractivity contribution in [2.75, 3.05) is 13.7 Å². The highest BCUT2D eigenvalue weighted by atomic mass is 16.6. The number of Topliss-reactive ketones (excluding diaryl/α,β-unsaturated/α-hetero) is 1. The highest BCUT2D eigenvalue weighted by Crippen LogP contribution is 2.27. The van der Waals surface area contributed by atoms with E-state index in [0.29, 0.717) is 24.8 Å². The van der Waals surface area contributed by atoms with E-state index in [1.54, 1.807) is 0 Å². The monoisotopic (exact) mass is 329 g/mol. The molecule has 0 bridgehead atoms. The zero-order chi connectivity index (χ0) is 18.6. The second-order valence-electron chi connectivity index (χ2n) is 5.64. The lowest BCUT2D eigenvalue weighted by Gasteiger charge is -2.16. The predicted octanol–water partition coefficient (Wildman–Crippen LogP) is -0.257. The molecule has 0 aliphatic carbocycles. The second kappa shape index (κ2) is 7.67. The molecular formula is C15H22N2O6. The SMILES string of the molecule is [2H]C([3H])OCC1OC(n2cc(CCCC(C)=O)c(=O)[nH]c2=O)CC1O. The van der Waals surface area contributed by atoms with Crippen molar-refractivity contribution in [2.45, 2.75) is 51.0 Å². The van der Waals surface area contributed by atoms with Crippen LogP contribution in [-0.4, -0.2) is 46.3 Å². The van der Waals surface area contributed by atoms with Gasteiger partial charge in [-0.1, -0.05) is 0 Å². The molecule has 0 amide bonds. The van der Waals surface area contributed by atoms with E-state index in [1.807, 2.05) is 0 Å². The van der Waals surface area contributed by atoms with E-state index in [1.165, 1.54) is 17.7 Å². The number of aromatic amines is 1. The van der Waals surface area contributed by atoms with Gasteiger partial charge >= 0.3 is 5.69 Å². The summed E-state index contributed by atoms with van der Waals surface area (Å²) >= 11 is 0. The smallest absolute Gasteiger partial charge is 0.330 e. The minimum atomic E-state index is -1.49. The molecule has 4 atom stereocenters. The lowest BCUT2D eigenvalue weighted by atomic mass is 10.1. The fourth-order valence-electron chi connectivity index (χ4n) is 2.58. The minimum absolute atomic E-state index is 0.0249. The standard InChI is InChI=1S/C15H22N2O6/c1-9(18)4-3-5-10-7-17(15(21)16-14(10)20)13-6-11(19)12(23-13)8-22-2/h7,11-13,19H,3-6,8H2,1-2H3,(H,16,20,21)/i2TD. The van der Waals surface area contributed by atoms with Crippen LogP contribution in [-0.2, 0) is 20.7 Å². The quantitative estimate of drug-likeness (QED) is 0.713. The van der Waals surface area contributed by atoms with Crippen LogP contribution in [0.3, 0.4) is 0 Å². The van der Waals surface area contributed by atoms with Gasteiger partial charge in [0.1, 0.15) is 18.1 Å². The number of nitrogens with zero attached hydrogens (tertiary/aromatic N) is 1. The molecule has 2 heterocycles. The Balaban J connectivity index is 2.12. The van der Waals surface area contributed by atoms with E-state index in [0.717, 1.165) is 0 Å². The van der Waals surface area contributed by atoms with Crippen molar-refractivity contribution in [1.29, 1.82) is 0 Å². The third kappa shape index (κ3) is 4.37. The summed E-state index contributed by atoms with van der Waals surface area (Å²) in [7, 11) is -1.49. The topological polar surface area (TPSA) is 111 Å². The molecule has 4 unspecified atom stereocenters. The maximum absolute atomic E-state index is 12.0. The Bertz CT molecular complexity index is 717. The Hall–Kier alpha value is -1.77. The third-order valence-corrected chi connectivity index (χ3v) is 3.79. The van der Waals surface area contributed by atoms with Gasteiger partial charge in [-0.05, 0) is 19.8 Å². The first-order valence-corrected chi connectivity index (χ1v) is 7.41. The summed E-state index contributed by atoms with van der Waals surface area (Å²) in [6.45, 7) is 1.33. The number of rotatable bonds is 7. The van der Waals surface area contributed by atoms with Crippen LogP contribution in [0.1, 0.15) is 40.7 Å². The van der Waals surface area contributed by atoms with E-state index < -0.39 is 36.7 Å². The summed E-state index contributed by atoms with van der Waals surface area (Å²) in [5.41, 5.74) is -0.802. The maximum atomic E-state index is 12.0. The molecule has 8 nitrogen and oxygen atoms in total. The largest absolute Gasteiger partial charge is 0.390 e. The molecule has 1 aliphatic rings. The number of aliphatic hydroxyl groups excluding tert-OH is 1. The molecular weight excluding hydrogens is 304 g/mol. The van der Waals surface area contributed by atoms with Gasteiger partial charge in [-0.3, -0.25) is 14.3 Å². The summed E-state index contributed by atoms with van der Waals surface area (Å²) in [6.07, 6.45) is 0.235. The van der Waals surface area contributed by atoms with Crippen LogP contribution in [0.2, 0.25) is 0 Å². The van der Waals surface area contributed by atoms with E-state index >= 15 is 0 Å². The number of aromatic nitrogens is 2. The van der Waals surface area contributed by atoms with Gasteiger partial charge < -0.3 is 19.4 Å². The zero-order valence-corrected chi connectivity index (χ0v) is 12.9. The van der Waals surface area contributed by atoms with Gasteiger partial charge in [0.2, 0.25) is 0 Å². The van der Waals surface area contributed by atoms with Crippen LogP contribution in [0.15, 0.2) is 15.8 Å². The van der Waals surface area contributed by atoms with Crippen molar-refractivity contribution in [3.05, 3.63) is 32.6 Å². The van der Waals surface area contributed by atoms with Crippen LogP contribution in [0, 0.1) is 0 Å². The minimum Gasteiger partial charge on any atom is -0.390 e. The molecule has 23 heavy (non-hydrogen) atoms. The number of carbonyl (C=O) groups excluding carboxylic acids is 1. The fourth-order valence-corrected chi connectivity index (χ4v) is 2.58. The van der Waals surface area contributed by atoms with E-state index in [2.05, 4.69) is 4.98 Å². The number of nitrogens with one attached hydrogen (secondary N) is 1. The first kappa shape index (κ1) is 14.8. The number of hydrogen-bond donors (Lipinski definition) is 2. The van der Waals surface area contributed by atoms with Gasteiger partial charge in [-0.15, -0.1) is 0 Å². The molecule has 0 radical (unpaired) electrons. The average molecular weight is 329 g/mol. The zero-order valence-electron chi connectivity index (χ0n) is 14.9. The molecule has 8 heteroatoms. The van der Waals surface area contributed by atoms with Gasteiger partial charge in [0, 0.05) is 31.7 Å². The van der Waals surface area contributed by atoms with Crippen LogP contribution < -0.4 is 11.2 Å². The number of aryl methyl sites for hydroxylation is 1. The normalized spacial score (nSPS) is 26.6. The lowest BCUT2D eigenvalue weighted by molar-refractivity contribution is -0.117. The molecule has 1 aliphatic heterocycles. The molecule has 0 aromatic carbocycles. The number of ketones is 1. The number of carbonyl (C=O) groups is 1. The molecule has 0 saturated carbocycles. The molecule has 1 saturated heterocycles. The first-order valence-electron chi connectivity index (χ1n) is 8.56. The van der Waals surface area contributed by atoms with Crippen molar-refractivity contribution >= 4 is 5.78 Å². The average Bonchev–Trinajstić information content (AvgIpc) is 2.87. The molecule has 0 spiro atoms. The maximum Gasteiger partial charge on any atom is 0.330 e. The Kier molecular flexibility index (Phi) is 4.94. The van der Waals surface area contributed by atoms with Gasteiger partial charge in [0.25, 0.3) is 5.56 Å². The summed E-state index contributed by atoms with van der Waals surface area (Å²) in [6, 6.07) is 0. The predicted molar refractivity (Wildman–Crippen MR) is 81.4 cm³/mol. The molecule has 2 N–H and O–H groups in total. The van der Waals surface area contributed by atoms with Crippen LogP contribution in [0.4, 0.5) is 0 Å². The molecule has 2 rings (SSSR count). The Labute approximate surface area is 135 Å². The lowest BCUT2D eigenvalue weighted by Crippen LogP contribution is -2.34. The number of methoxy groups -OCH3 is 1. The first-order chi connectivity index (χ1) is 11.8. The van der Waals surface area contributed by atoms with Crippen LogP contribution >= 0.6 is 0 Å². The summed E-state index contributed by atoms with van der Waals surface area (Å²) in [4.78, 5) is 37.1. The van der Waals surface area contributed by atoms with Gasteiger partial charge in [0.05, 0.1) is 15.5 Å². The van der Waals surface area contributed by atoms with Crippen molar-refractivity contribution in [3.8, 4) is 0 Å². The van der Waals surface area contributed by atoms with Crippen molar-refractivity contribution in [2.24, 2.45) is 0 Å². The van der Waals surface area contributed by atoms with Crippen molar-refractivity contribution in [3.63, 3.8) is 0 Å². The third-order valence-electron chi connectivity index (χ3n) is 3.79. The number of ether oxygens (including phenoxy) is 2. The second-order valence-corrected chi connectivity index (χ2v) is 5.64. The highest BCUT2D eigenvalue weighted by Gasteiger charge is 2.35. The van der Waals surface area contributed by atoms with Crippen LogP contribution in [0.25, 0.3) is 0 Å². The molecule has 1 aromatic rings. The van der Waals surface area contributed by atoms with Crippen molar-refractivity contribution < 1.29 is 22.1 Å². The number of aliphatic hydroxyl groups is 1.